The molecule has 0 radical (unpaired) electrons. The SMILES string of the molecule is CSc1ccc(Oc2ccc(CNCC(C)C)cc2)cc1. The first-order valence-electron chi connectivity index (χ1n) is 7.29. The van der Waals surface area contributed by atoms with Gasteiger partial charge in [-0.25, -0.2) is 0 Å². The second-order valence-corrected chi connectivity index (χ2v) is 6.33. The minimum Gasteiger partial charge on any atom is -0.457 e. The highest BCUT2D eigenvalue weighted by Crippen LogP contribution is 2.24. The Morgan fingerprint density at radius 2 is 1.52 bits per heavy atom. The Bertz CT molecular complexity index is 534. The molecule has 112 valence electrons. The molecule has 0 atom stereocenters. The van der Waals surface area contributed by atoms with Gasteiger partial charge in [-0.05, 0) is 60.7 Å². The van der Waals surface area contributed by atoms with Gasteiger partial charge in [-0.3, -0.25) is 0 Å². The molecule has 0 saturated carbocycles. The predicted octanol–water partition coefficient (Wildman–Crippen LogP) is 4.95. The second-order valence-electron chi connectivity index (χ2n) is 5.45. The zero-order valence-corrected chi connectivity index (χ0v) is 13.7. The molecule has 0 fully saturated rings. The first-order chi connectivity index (χ1) is 10.2. The van der Waals surface area contributed by atoms with Crippen LogP contribution in [0.5, 0.6) is 11.5 Å². The standard InChI is InChI=1S/C18H23NOS/c1-14(2)12-19-13-15-4-6-16(7-5-15)20-17-8-10-18(21-3)11-9-17/h4-11,14,19H,12-13H2,1-3H3. The molecule has 0 aliphatic carbocycles. The summed E-state index contributed by atoms with van der Waals surface area (Å²) in [5.41, 5.74) is 1.28. The molecule has 2 rings (SSSR count). The molecule has 2 aromatic carbocycles. The zero-order chi connectivity index (χ0) is 15.1. The minimum atomic E-state index is 0.678. The van der Waals surface area contributed by atoms with Crippen LogP contribution in [0.3, 0.4) is 0 Å². The molecule has 2 nitrogen and oxygen atoms in total. The van der Waals surface area contributed by atoms with Gasteiger partial charge in [-0.15, -0.1) is 11.8 Å². The summed E-state index contributed by atoms with van der Waals surface area (Å²) in [6, 6.07) is 16.4. The van der Waals surface area contributed by atoms with Crippen LogP contribution in [0.4, 0.5) is 0 Å². The van der Waals surface area contributed by atoms with E-state index in [1.54, 1.807) is 11.8 Å². The maximum absolute atomic E-state index is 5.85. The van der Waals surface area contributed by atoms with Gasteiger partial charge in [0.25, 0.3) is 0 Å². The van der Waals surface area contributed by atoms with Crippen molar-refractivity contribution in [2.45, 2.75) is 25.3 Å². The lowest BCUT2D eigenvalue weighted by Gasteiger charge is -2.09. The quantitative estimate of drug-likeness (QED) is 0.731. The molecular weight excluding hydrogens is 278 g/mol. The van der Waals surface area contributed by atoms with Gasteiger partial charge in [0.15, 0.2) is 0 Å². The molecule has 0 amide bonds. The first kappa shape index (κ1) is 15.9. The third-order valence-electron chi connectivity index (χ3n) is 3.10. The van der Waals surface area contributed by atoms with E-state index in [0.717, 1.165) is 24.6 Å². The summed E-state index contributed by atoms with van der Waals surface area (Å²) in [7, 11) is 0. The molecule has 0 aliphatic heterocycles. The maximum atomic E-state index is 5.85. The van der Waals surface area contributed by atoms with Crippen LogP contribution in [0.2, 0.25) is 0 Å². The highest BCUT2D eigenvalue weighted by molar-refractivity contribution is 7.98. The molecule has 2 aromatic rings. The van der Waals surface area contributed by atoms with Crippen LogP contribution >= 0.6 is 11.8 Å². The third kappa shape index (κ3) is 5.44. The second kappa shape index (κ2) is 8.11. The van der Waals surface area contributed by atoms with E-state index in [2.05, 4.69) is 49.7 Å². The van der Waals surface area contributed by atoms with Crippen molar-refractivity contribution >= 4 is 11.8 Å². The lowest BCUT2D eigenvalue weighted by Crippen LogP contribution is -2.18. The lowest BCUT2D eigenvalue weighted by atomic mass is 10.2. The number of hydrogen-bond donors (Lipinski definition) is 1. The topological polar surface area (TPSA) is 21.3 Å². The molecular formula is C18H23NOS. The first-order valence-corrected chi connectivity index (χ1v) is 8.51. The maximum Gasteiger partial charge on any atom is 0.127 e. The Kier molecular flexibility index (Phi) is 6.15. The number of thioether (sulfide) groups is 1. The average Bonchev–Trinajstić information content (AvgIpc) is 2.49. The summed E-state index contributed by atoms with van der Waals surface area (Å²) >= 11 is 1.73. The van der Waals surface area contributed by atoms with Gasteiger partial charge in [0, 0.05) is 11.4 Å². The van der Waals surface area contributed by atoms with Crippen molar-refractivity contribution in [3.05, 3.63) is 54.1 Å². The summed E-state index contributed by atoms with van der Waals surface area (Å²) in [5, 5.41) is 3.44. The lowest BCUT2D eigenvalue weighted by molar-refractivity contribution is 0.481. The van der Waals surface area contributed by atoms with Gasteiger partial charge in [0.1, 0.15) is 11.5 Å². The van der Waals surface area contributed by atoms with Crippen LogP contribution in [-0.4, -0.2) is 12.8 Å². The van der Waals surface area contributed by atoms with Gasteiger partial charge >= 0.3 is 0 Å². The molecule has 0 saturated heterocycles. The molecule has 0 aromatic heterocycles. The van der Waals surface area contributed by atoms with Crippen molar-refractivity contribution < 1.29 is 4.74 Å². The molecule has 3 heteroatoms. The van der Waals surface area contributed by atoms with E-state index in [9.17, 15) is 0 Å². The van der Waals surface area contributed by atoms with Crippen molar-refractivity contribution in [2.75, 3.05) is 12.8 Å². The third-order valence-corrected chi connectivity index (χ3v) is 3.84. The fraction of sp³-hybridized carbons (Fsp3) is 0.333. The fourth-order valence-corrected chi connectivity index (χ4v) is 2.37. The molecule has 0 spiro atoms. The van der Waals surface area contributed by atoms with E-state index in [1.165, 1.54) is 10.5 Å². The Morgan fingerprint density at radius 3 is 2.05 bits per heavy atom. The van der Waals surface area contributed by atoms with Crippen LogP contribution in [0.25, 0.3) is 0 Å². The number of nitrogens with one attached hydrogen (secondary N) is 1. The highest BCUT2D eigenvalue weighted by Gasteiger charge is 1.99. The molecule has 0 heterocycles. The largest absolute Gasteiger partial charge is 0.457 e. The monoisotopic (exact) mass is 301 g/mol. The molecule has 21 heavy (non-hydrogen) atoms. The number of benzene rings is 2. The number of ether oxygens (including phenoxy) is 1. The Hall–Kier alpha value is -1.45. The van der Waals surface area contributed by atoms with Gasteiger partial charge < -0.3 is 10.1 Å². The van der Waals surface area contributed by atoms with Crippen LogP contribution < -0.4 is 10.1 Å². The number of rotatable bonds is 7. The molecule has 1 N–H and O–H groups in total. The summed E-state index contributed by atoms with van der Waals surface area (Å²) in [4.78, 5) is 1.24. The Labute approximate surface area is 131 Å². The Morgan fingerprint density at radius 1 is 0.952 bits per heavy atom. The van der Waals surface area contributed by atoms with Crippen LogP contribution in [0.15, 0.2) is 53.4 Å². The average molecular weight is 301 g/mol. The summed E-state index contributed by atoms with van der Waals surface area (Å²) < 4.78 is 5.85. The van der Waals surface area contributed by atoms with Crippen molar-refractivity contribution in [2.24, 2.45) is 5.92 Å². The number of hydrogen-bond acceptors (Lipinski definition) is 3. The van der Waals surface area contributed by atoms with E-state index in [1.807, 2.05) is 24.3 Å². The van der Waals surface area contributed by atoms with Crippen molar-refractivity contribution in [1.82, 2.24) is 5.32 Å². The smallest absolute Gasteiger partial charge is 0.127 e. The van der Waals surface area contributed by atoms with Gasteiger partial charge in [0.05, 0.1) is 0 Å². The summed E-state index contributed by atoms with van der Waals surface area (Å²) in [5.74, 6) is 2.43. The van der Waals surface area contributed by atoms with Crippen LogP contribution in [-0.2, 0) is 6.54 Å². The van der Waals surface area contributed by atoms with E-state index in [4.69, 9.17) is 4.74 Å². The van der Waals surface area contributed by atoms with E-state index < -0.39 is 0 Å². The molecule has 0 aliphatic rings. The van der Waals surface area contributed by atoms with E-state index in [0.29, 0.717) is 5.92 Å². The minimum absolute atomic E-state index is 0.678. The molecule has 0 bridgehead atoms. The normalized spacial score (nSPS) is 10.9. The van der Waals surface area contributed by atoms with Crippen LogP contribution in [0, 0.1) is 5.92 Å². The Balaban J connectivity index is 1.89. The summed E-state index contributed by atoms with van der Waals surface area (Å²) in [6.07, 6.45) is 2.07. The van der Waals surface area contributed by atoms with Crippen molar-refractivity contribution in [3.63, 3.8) is 0 Å². The van der Waals surface area contributed by atoms with E-state index in [-0.39, 0.29) is 0 Å². The van der Waals surface area contributed by atoms with Gasteiger partial charge in [-0.2, -0.15) is 0 Å². The predicted molar refractivity (Wildman–Crippen MR) is 91.3 cm³/mol. The van der Waals surface area contributed by atoms with Crippen molar-refractivity contribution in [1.29, 1.82) is 0 Å². The van der Waals surface area contributed by atoms with Crippen LogP contribution in [0.1, 0.15) is 19.4 Å². The van der Waals surface area contributed by atoms with Gasteiger partial charge in [0.2, 0.25) is 0 Å². The summed E-state index contributed by atoms with van der Waals surface area (Å²) in [6.45, 7) is 6.37. The van der Waals surface area contributed by atoms with Crippen molar-refractivity contribution in [3.8, 4) is 11.5 Å². The highest BCUT2D eigenvalue weighted by atomic mass is 32.2. The zero-order valence-electron chi connectivity index (χ0n) is 12.9. The van der Waals surface area contributed by atoms with Gasteiger partial charge in [-0.1, -0.05) is 26.0 Å². The van der Waals surface area contributed by atoms with E-state index >= 15 is 0 Å². The fourth-order valence-electron chi connectivity index (χ4n) is 1.96. The molecule has 0 unspecified atom stereocenters.